The van der Waals surface area contributed by atoms with Gasteiger partial charge >= 0.3 is 5.97 Å². The average Bonchev–Trinajstić information content (AvgIpc) is 3.26. The Morgan fingerprint density at radius 2 is 1.81 bits per heavy atom. The number of rotatable bonds is 4. The van der Waals surface area contributed by atoms with Gasteiger partial charge in [0.05, 0.1) is 0 Å². The van der Waals surface area contributed by atoms with E-state index in [2.05, 4.69) is 5.32 Å². The van der Waals surface area contributed by atoms with Crippen LogP contribution in [-0.4, -0.2) is 17.0 Å². The molecule has 0 aliphatic heterocycles. The monoisotopic (exact) mass is 377 g/mol. The second-order valence-corrected chi connectivity index (χ2v) is 7.01. The Bertz CT molecular complexity index is 1120. The summed E-state index contributed by atoms with van der Waals surface area (Å²) in [5.41, 5.74) is 3.14. The SMILES string of the molecule is Cc1ccc(-c2csc(NC(=O)c3cc4ccccc4o3)c2C(=O)O)cc1. The summed E-state index contributed by atoms with van der Waals surface area (Å²) in [7, 11) is 0. The number of carbonyl (C=O) groups is 2. The van der Waals surface area contributed by atoms with Gasteiger partial charge in [0, 0.05) is 16.3 Å². The zero-order valence-corrected chi connectivity index (χ0v) is 15.2. The molecule has 134 valence electrons. The van der Waals surface area contributed by atoms with Crippen molar-refractivity contribution in [1.29, 1.82) is 0 Å². The molecule has 0 unspecified atom stereocenters. The Balaban J connectivity index is 1.68. The molecule has 0 radical (unpaired) electrons. The second-order valence-electron chi connectivity index (χ2n) is 6.13. The maximum atomic E-state index is 12.6. The summed E-state index contributed by atoms with van der Waals surface area (Å²) in [6.45, 7) is 1.97. The van der Waals surface area contributed by atoms with Crippen molar-refractivity contribution in [3.05, 3.63) is 76.9 Å². The fourth-order valence-electron chi connectivity index (χ4n) is 2.87. The van der Waals surface area contributed by atoms with E-state index >= 15 is 0 Å². The van der Waals surface area contributed by atoms with Crippen LogP contribution in [0.2, 0.25) is 0 Å². The molecular weight excluding hydrogens is 362 g/mol. The fourth-order valence-corrected chi connectivity index (χ4v) is 3.82. The van der Waals surface area contributed by atoms with Gasteiger partial charge in [-0.25, -0.2) is 4.79 Å². The largest absolute Gasteiger partial charge is 0.478 e. The van der Waals surface area contributed by atoms with E-state index in [0.29, 0.717) is 11.1 Å². The molecule has 0 saturated carbocycles. The van der Waals surface area contributed by atoms with Gasteiger partial charge in [-0.05, 0) is 24.6 Å². The molecule has 0 fully saturated rings. The van der Waals surface area contributed by atoms with Crippen molar-refractivity contribution in [3.8, 4) is 11.1 Å². The highest BCUT2D eigenvalue weighted by atomic mass is 32.1. The van der Waals surface area contributed by atoms with Crippen molar-refractivity contribution in [2.45, 2.75) is 6.92 Å². The molecular formula is C21H15NO4S. The number of carboxylic acid groups (broad SMARTS) is 1. The maximum absolute atomic E-state index is 12.6. The highest BCUT2D eigenvalue weighted by Gasteiger charge is 2.22. The molecule has 2 aromatic heterocycles. The van der Waals surface area contributed by atoms with Crippen LogP contribution < -0.4 is 5.32 Å². The molecule has 1 amide bonds. The fraction of sp³-hybridized carbons (Fsp3) is 0.0476. The van der Waals surface area contributed by atoms with Gasteiger partial charge in [-0.15, -0.1) is 11.3 Å². The van der Waals surface area contributed by atoms with Crippen LogP contribution in [0.4, 0.5) is 5.00 Å². The predicted octanol–water partition coefficient (Wildman–Crippen LogP) is 5.42. The molecule has 2 aromatic carbocycles. The molecule has 0 spiro atoms. The third kappa shape index (κ3) is 3.22. The molecule has 0 saturated heterocycles. The van der Waals surface area contributed by atoms with Gasteiger partial charge in [0.1, 0.15) is 16.1 Å². The Morgan fingerprint density at radius 1 is 1.07 bits per heavy atom. The zero-order chi connectivity index (χ0) is 19.0. The number of carbonyl (C=O) groups excluding carboxylic acids is 1. The number of aryl methyl sites for hydroxylation is 1. The normalized spacial score (nSPS) is 10.9. The minimum atomic E-state index is -1.09. The molecule has 0 bridgehead atoms. The molecule has 2 heterocycles. The summed E-state index contributed by atoms with van der Waals surface area (Å²) in [5, 5.41) is 15.2. The van der Waals surface area contributed by atoms with Crippen LogP contribution in [0.5, 0.6) is 0 Å². The molecule has 5 nitrogen and oxygen atoms in total. The lowest BCUT2D eigenvalue weighted by Crippen LogP contribution is -2.12. The molecule has 4 rings (SSSR count). The van der Waals surface area contributed by atoms with Crippen molar-refractivity contribution in [1.82, 2.24) is 0 Å². The number of furan rings is 1. The minimum Gasteiger partial charge on any atom is -0.478 e. The summed E-state index contributed by atoms with van der Waals surface area (Å²) in [6.07, 6.45) is 0. The van der Waals surface area contributed by atoms with Crippen molar-refractivity contribution >= 4 is 39.2 Å². The van der Waals surface area contributed by atoms with E-state index in [1.54, 1.807) is 17.5 Å². The smallest absolute Gasteiger partial charge is 0.339 e. The second kappa shape index (κ2) is 6.74. The van der Waals surface area contributed by atoms with Crippen LogP contribution in [0.25, 0.3) is 22.1 Å². The summed E-state index contributed by atoms with van der Waals surface area (Å²) < 4.78 is 5.55. The summed E-state index contributed by atoms with van der Waals surface area (Å²) in [4.78, 5) is 24.4. The number of nitrogens with one attached hydrogen (secondary N) is 1. The van der Waals surface area contributed by atoms with Gasteiger partial charge in [-0.1, -0.05) is 48.0 Å². The zero-order valence-electron chi connectivity index (χ0n) is 14.4. The molecule has 4 aromatic rings. The maximum Gasteiger partial charge on any atom is 0.339 e. The van der Waals surface area contributed by atoms with Crippen LogP contribution in [0, 0.1) is 6.92 Å². The minimum absolute atomic E-state index is 0.0771. The first kappa shape index (κ1) is 17.1. The third-order valence-electron chi connectivity index (χ3n) is 4.24. The Morgan fingerprint density at radius 3 is 2.52 bits per heavy atom. The number of aromatic carboxylic acids is 1. The number of fused-ring (bicyclic) bond motifs is 1. The Labute approximate surface area is 158 Å². The predicted molar refractivity (Wildman–Crippen MR) is 106 cm³/mol. The standard InChI is InChI=1S/C21H15NO4S/c1-12-6-8-13(9-7-12)15-11-27-20(18(15)21(24)25)22-19(23)17-10-14-4-2-3-5-16(14)26-17/h2-11H,1H3,(H,22,23)(H,24,25). The number of hydrogen-bond donors (Lipinski definition) is 2. The molecule has 0 atom stereocenters. The van der Waals surface area contributed by atoms with Crippen molar-refractivity contribution in [2.75, 3.05) is 5.32 Å². The van der Waals surface area contributed by atoms with Crippen LogP contribution in [0.15, 0.2) is 64.4 Å². The van der Waals surface area contributed by atoms with Gasteiger partial charge < -0.3 is 14.8 Å². The quantitative estimate of drug-likeness (QED) is 0.498. The van der Waals surface area contributed by atoms with E-state index in [4.69, 9.17) is 4.42 Å². The van der Waals surface area contributed by atoms with Crippen molar-refractivity contribution in [3.63, 3.8) is 0 Å². The van der Waals surface area contributed by atoms with E-state index in [1.807, 2.05) is 49.4 Å². The Hall–Kier alpha value is -3.38. The number of amides is 1. The first-order valence-electron chi connectivity index (χ1n) is 8.24. The van der Waals surface area contributed by atoms with E-state index in [-0.39, 0.29) is 16.3 Å². The molecule has 2 N–H and O–H groups in total. The van der Waals surface area contributed by atoms with E-state index in [1.165, 1.54) is 11.3 Å². The van der Waals surface area contributed by atoms with Gasteiger partial charge in [-0.2, -0.15) is 0 Å². The van der Waals surface area contributed by atoms with Gasteiger partial charge in [-0.3, -0.25) is 4.79 Å². The molecule has 0 aliphatic carbocycles. The van der Waals surface area contributed by atoms with Crippen molar-refractivity contribution in [2.24, 2.45) is 0 Å². The number of thiophene rings is 1. The summed E-state index contributed by atoms with van der Waals surface area (Å²) in [6, 6.07) is 16.5. The highest BCUT2D eigenvalue weighted by molar-refractivity contribution is 7.15. The number of benzene rings is 2. The van der Waals surface area contributed by atoms with E-state index in [0.717, 1.165) is 16.5 Å². The van der Waals surface area contributed by atoms with Crippen LogP contribution >= 0.6 is 11.3 Å². The average molecular weight is 377 g/mol. The van der Waals surface area contributed by atoms with Crippen LogP contribution in [0.3, 0.4) is 0 Å². The molecule has 27 heavy (non-hydrogen) atoms. The number of hydrogen-bond acceptors (Lipinski definition) is 4. The van der Waals surface area contributed by atoms with Gasteiger partial charge in [0.15, 0.2) is 5.76 Å². The number of para-hydroxylation sites is 1. The van der Waals surface area contributed by atoms with E-state index in [9.17, 15) is 14.7 Å². The lowest BCUT2D eigenvalue weighted by Gasteiger charge is -2.05. The van der Waals surface area contributed by atoms with Crippen LogP contribution in [0.1, 0.15) is 26.5 Å². The topological polar surface area (TPSA) is 79.5 Å². The Kier molecular flexibility index (Phi) is 4.25. The first-order valence-corrected chi connectivity index (χ1v) is 9.12. The van der Waals surface area contributed by atoms with E-state index < -0.39 is 11.9 Å². The van der Waals surface area contributed by atoms with Gasteiger partial charge in [0.25, 0.3) is 5.91 Å². The number of carboxylic acids is 1. The third-order valence-corrected chi connectivity index (χ3v) is 5.14. The lowest BCUT2D eigenvalue weighted by molar-refractivity contribution is 0.0699. The molecule has 6 heteroatoms. The van der Waals surface area contributed by atoms with Crippen molar-refractivity contribution < 1.29 is 19.1 Å². The first-order chi connectivity index (χ1) is 13.0. The highest BCUT2D eigenvalue weighted by Crippen LogP contribution is 2.36. The molecule has 0 aliphatic rings. The number of anilines is 1. The summed E-state index contributed by atoms with van der Waals surface area (Å²) in [5.74, 6) is -1.43. The van der Waals surface area contributed by atoms with Crippen LogP contribution in [-0.2, 0) is 0 Å². The van der Waals surface area contributed by atoms with Gasteiger partial charge in [0.2, 0.25) is 0 Å². The summed E-state index contributed by atoms with van der Waals surface area (Å²) >= 11 is 1.18. The lowest BCUT2D eigenvalue weighted by atomic mass is 10.0.